The summed E-state index contributed by atoms with van der Waals surface area (Å²) in [5.41, 5.74) is 10.0. The summed E-state index contributed by atoms with van der Waals surface area (Å²) in [5, 5.41) is 13.6. The third-order valence-electron chi connectivity index (χ3n) is 7.39. The quantitative estimate of drug-likeness (QED) is 0.242. The van der Waals surface area contributed by atoms with E-state index < -0.39 is 0 Å². The highest BCUT2D eigenvalue weighted by molar-refractivity contribution is 6.01. The van der Waals surface area contributed by atoms with E-state index in [0.717, 1.165) is 54.3 Å². The summed E-state index contributed by atoms with van der Waals surface area (Å²) < 4.78 is 13.9. The summed E-state index contributed by atoms with van der Waals surface area (Å²) in [6, 6.07) is 18.3. The lowest BCUT2D eigenvalue weighted by Gasteiger charge is -2.29. The number of nitrogens with two attached hydrogens (primary N) is 1. The van der Waals surface area contributed by atoms with Crippen molar-refractivity contribution in [3.05, 3.63) is 89.0 Å². The lowest BCUT2D eigenvalue weighted by Crippen LogP contribution is -2.31. The van der Waals surface area contributed by atoms with Crippen LogP contribution in [-0.2, 0) is 6.42 Å². The number of aromatic nitrogens is 2. The third kappa shape index (κ3) is 6.94. The van der Waals surface area contributed by atoms with E-state index in [4.69, 9.17) is 0 Å². The van der Waals surface area contributed by atoms with Gasteiger partial charge >= 0.3 is 0 Å². The number of hydrogen-bond donors (Lipinski definition) is 3. The molecule has 1 aliphatic carbocycles. The predicted octanol–water partition coefficient (Wildman–Crippen LogP) is 7.11. The number of aryl methyl sites for hydroxylation is 1. The van der Waals surface area contributed by atoms with Crippen molar-refractivity contribution >= 4 is 16.8 Å². The topological polar surface area (TPSA) is 108 Å². The van der Waals surface area contributed by atoms with E-state index in [0.29, 0.717) is 35.2 Å². The van der Waals surface area contributed by atoms with Crippen LogP contribution in [0.2, 0.25) is 0 Å². The largest absolute Gasteiger partial charge is 0.358 e. The van der Waals surface area contributed by atoms with Gasteiger partial charge < -0.3 is 16.0 Å². The zero-order valence-corrected chi connectivity index (χ0v) is 23.9. The number of nitrogens with zero attached hydrogens (tertiary/aromatic N) is 2. The number of fused-ring (bicyclic) bond motifs is 1. The minimum atomic E-state index is -0.235. The van der Waals surface area contributed by atoms with Crippen LogP contribution in [0.5, 0.6) is 0 Å². The normalized spacial score (nSPS) is 16.1. The Morgan fingerprint density at radius 2 is 1.82 bits per heavy atom. The standard InChI is InChI=1S/C30H29FN4O.C2H6.CH5N/c1-2-23-16-27(29(35-23)25-6-4-3-5-21(25)17-32)30(36)34-18-19-7-9-20(10-8-19)24-13-14-33-28-12-11-22(31)15-26(24)28;2*1-2/h3-6,11-16,19-20,35H,2,7-10,18H2,1H3,(H,34,36);1-2H3;2H2,1H3. The van der Waals surface area contributed by atoms with Crippen molar-refractivity contribution in [2.24, 2.45) is 11.7 Å². The number of hydrogen-bond acceptors (Lipinski definition) is 4. The van der Waals surface area contributed by atoms with Gasteiger partial charge in [-0.1, -0.05) is 39.0 Å². The zero-order valence-electron chi connectivity index (χ0n) is 23.9. The minimum absolute atomic E-state index is 0.119. The van der Waals surface area contributed by atoms with Crippen LogP contribution in [0, 0.1) is 23.1 Å². The van der Waals surface area contributed by atoms with Gasteiger partial charge in [-0.3, -0.25) is 9.78 Å². The van der Waals surface area contributed by atoms with Crippen molar-refractivity contribution in [2.45, 2.75) is 58.8 Å². The van der Waals surface area contributed by atoms with Crippen LogP contribution in [0.15, 0.2) is 60.8 Å². The molecular weight excluding hydrogens is 501 g/mol. The molecule has 1 amide bonds. The van der Waals surface area contributed by atoms with E-state index >= 15 is 0 Å². The Hall–Kier alpha value is -4.02. The van der Waals surface area contributed by atoms with Crippen LogP contribution < -0.4 is 11.1 Å². The number of carbonyl (C=O) groups excluding carboxylic acids is 1. The molecule has 0 saturated heterocycles. The van der Waals surface area contributed by atoms with Crippen LogP contribution in [0.1, 0.15) is 79.6 Å². The second kappa shape index (κ2) is 14.9. The third-order valence-corrected chi connectivity index (χ3v) is 7.39. The Labute approximate surface area is 236 Å². The molecule has 7 heteroatoms. The highest BCUT2D eigenvalue weighted by atomic mass is 19.1. The average molecular weight is 542 g/mol. The smallest absolute Gasteiger partial charge is 0.253 e. The zero-order chi connectivity index (χ0) is 29.1. The molecule has 0 aliphatic heterocycles. The van der Waals surface area contributed by atoms with Crippen molar-refractivity contribution in [1.82, 2.24) is 15.3 Å². The molecule has 4 aromatic rings. The highest BCUT2D eigenvalue weighted by Gasteiger charge is 2.25. The number of rotatable bonds is 6. The average Bonchev–Trinajstić information content (AvgIpc) is 3.46. The molecule has 6 nitrogen and oxygen atoms in total. The Morgan fingerprint density at radius 1 is 1.10 bits per heavy atom. The molecule has 1 fully saturated rings. The number of benzene rings is 2. The highest BCUT2D eigenvalue weighted by Crippen LogP contribution is 2.38. The van der Waals surface area contributed by atoms with Gasteiger partial charge in [-0.2, -0.15) is 5.26 Å². The van der Waals surface area contributed by atoms with E-state index in [9.17, 15) is 14.4 Å². The first-order valence-electron chi connectivity index (χ1n) is 14.2. The van der Waals surface area contributed by atoms with Crippen molar-refractivity contribution in [3.63, 3.8) is 0 Å². The molecular formula is C33H40FN5O. The lowest BCUT2D eigenvalue weighted by atomic mass is 9.78. The maximum absolute atomic E-state index is 13.9. The maximum atomic E-state index is 13.9. The fourth-order valence-corrected chi connectivity index (χ4v) is 5.40. The Kier molecular flexibility index (Phi) is 11.4. The first-order chi connectivity index (χ1) is 19.6. The SMILES string of the molecule is CC.CCc1cc(C(=O)NCC2CCC(c3ccnc4ccc(F)cc34)CC2)c(-c2ccccc2C#N)[nH]1.CN. The van der Waals surface area contributed by atoms with Gasteiger partial charge in [0.05, 0.1) is 28.4 Å². The van der Waals surface area contributed by atoms with Gasteiger partial charge in [0, 0.05) is 29.4 Å². The van der Waals surface area contributed by atoms with Gasteiger partial charge in [-0.25, -0.2) is 4.39 Å². The summed E-state index contributed by atoms with van der Waals surface area (Å²) in [6.45, 7) is 6.65. The van der Waals surface area contributed by atoms with Crippen LogP contribution >= 0.6 is 0 Å². The molecule has 2 heterocycles. The molecule has 2 aromatic carbocycles. The molecule has 5 rings (SSSR count). The van der Waals surface area contributed by atoms with Crippen molar-refractivity contribution in [2.75, 3.05) is 13.6 Å². The number of nitrogens with one attached hydrogen (secondary N) is 2. The van der Waals surface area contributed by atoms with Gasteiger partial charge in [0.2, 0.25) is 0 Å². The Morgan fingerprint density at radius 3 is 2.52 bits per heavy atom. The molecule has 0 atom stereocenters. The Balaban J connectivity index is 0.00000106. The monoisotopic (exact) mass is 541 g/mol. The number of H-pyrrole nitrogens is 1. The molecule has 2 aromatic heterocycles. The number of carbonyl (C=O) groups is 1. The van der Waals surface area contributed by atoms with E-state index in [1.807, 2.05) is 57.3 Å². The second-order valence-corrected chi connectivity index (χ2v) is 9.58. The summed E-state index contributed by atoms with van der Waals surface area (Å²) in [7, 11) is 1.50. The molecule has 210 valence electrons. The summed E-state index contributed by atoms with van der Waals surface area (Å²) in [4.78, 5) is 20.9. The van der Waals surface area contributed by atoms with Crippen LogP contribution in [0.25, 0.3) is 22.2 Å². The number of nitriles is 1. The van der Waals surface area contributed by atoms with Crippen molar-refractivity contribution in [1.29, 1.82) is 5.26 Å². The molecule has 0 spiro atoms. The molecule has 1 aliphatic rings. The summed E-state index contributed by atoms with van der Waals surface area (Å²) in [6.07, 6.45) is 6.59. The van der Waals surface area contributed by atoms with Gasteiger partial charge in [0.1, 0.15) is 5.82 Å². The summed E-state index contributed by atoms with van der Waals surface area (Å²) >= 11 is 0. The van der Waals surface area contributed by atoms with E-state index in [1.54, 1.807) is 18.2 Å². The van der Waals surface area contributed by atoms with Crippen LogP contribution in [0.3, 0.4) is 0 Å². The Bertz CT molecular complexity index is 1450. The second-order valence-electron chi connectivity index (χ2n) is 9.58. The van der Waals surface area contributed by atoms with E-state index in [2.05, 4.69) is 27.1 Å². The summed E-state index contributed by atoms with van der Waals surface area (Å²) in [5.74, 6) is 0.414. The number of pyridine rings is 1. The van der Waals surface area contributed by atoms with Crippen LogP contribution in [-0.4, -0.2) is 29.5 Å². The molecule has 40 heavy (non-hydrogen) atoms. The number of halogens is 1. The van der Waals surface area contributed by atoms with Crippen molar-refractivity contribution < 1.29 is 9.18 Å². The number of aromatic amines is 1. The molecule has 0 bridgehead atoms. The molecule has 1 saturated carbocycles. The van der Waals surface area contributed by atoms with Crippen molar-refractivity contribution in [3.8, 4) is 17.3 Å². The van der Waals surface area contributed by atoms with Gasteiger partial charge in [-0.05, 0) is 92.9 Å². The molecule has 0 unspecified atom stereocenters. The van der Waals surface area contributed by atoms with Crippen LogP contribution in [0.4, 0.5) is 4.39 Å². The van der Waals surface area contributed by atoms with Gasteiger partial charge in [0.15, 0.2) is 0 Å². The first-order valence-corrected chi connectivity index (χ1v) is 14.2. The predicted molar refractivity (Wildman–Crippen MR) is 161 cm³/mol. The molecule has 0 radical (unpaired) electrons. The molecule has 4 N–H and O–H groups in total. The van der Waals surface area contributed by atoms with E-state index in [-0.39, 0.29) is 11.7 Å². The fourth-order valence-electron chi connectivity index (χ4n) is 5.40. The minimum Gasteiger partial charge on any atom is -0.358 e. The van der Waals surface area contributed by atoms with Gasteiger partial charge in [-0.15, -0.1) is 0 Å². The van der Waals surface area contributed by atoms with E-state index in [1.165, 1.54) is 18.7 Å². The fraction of sp³-hybridized carbons (Fsp3) is 0.364. The first kappa shape index (κ1) is 30.5. The maximum Gasteiger partial charge on any atom is 0.253 e. The lowest BCUT2D eigenvalue weighted by molar-refractivity contribution is 0.0943. The number of amides is 1. The van der Waals surface area contributed by atoms with Gasteiger partial charge in [0.25, 0.3) is 5.91 Å².